The van der Waals surface area contributed by atoms with Gasteiger partial charge in [-0.05, 0) is 97.8 Å². The van der Waals surface area contributed by atoms with Crippen LogP contribution in [0.15, 0.2) is 48.8 Å². The largest absolute Gasteiger partial charge is 0.444 e. The molecule has 0 radical (unpaired) electrons. The summed E-state index contributed by atoms with van der Waals surface area (Å²) in [5.74, 6) is 2.36. The van der Waals surface area contributed by atoms with Crippen molar-refractivity contribution in [3.8, 4) is 33.9 Å². The highest BCUT2D eigenvalue weighted by Crippen LogP contribution is 2.36. The number of aromatic nitrogens is 6. The number of amides is 2. The molecule has 4 aromatic rings. The van der Waals surface area contributed by atoms with Crippen molar-refractivity contribution in [2.24, 2.45) is 0 Å². The first-order chi connectivity index (χ1) is 24.4. The number of H-pyrrole nitrogens is 1. The lowest BCUT2D eigenvalue weighted by molar-refractivity contribution is 0.0204. The summed E-state index contributed by atoms with van der Waals surface area (Å²) >= 11 is 0. The fraction of sp³-hybridized carbons (Fsp3) is 0.526. The van der Waals surface area contributed by atoms with E-state index in [0.29, 0.717) is 24.7 Å². The number of carbonyl (C=O) groups is 2. The predicted octanol–water partition coefficient (Wildman–Crippen LogP) is 7.72. The van der Waals surface area contributed by atoms with Crippen LogP contribution < -0.4 is 5.32 Å². The second kappa shape index (κ2) is 15.7. The van der Waals surface area contributed by atoms with E-state index in [2.05, 4.69) is 44.2 Å². The fourth-order valence-electron chi connectivity index (χ4n) is 5.73. The quantitative estimate of drug-likeness (QED) is 0.148. The average molecular weight is 735 g/mol. The average Bonchev–Trinajstić information content (AvgIpc) is 3.81. The zero-order valence-electron chi connectivity index (χ0n) is 32.1. The molecule has 1 aliphatic heterocycles. The topological polar surface area (TPSA) is 149 Å². The first kappa shape index (κ1) is 38.8. The molecule has 52 heavy (non-hydrogen) atoms. The molecule has 1 aliphatic rings. The molecule has 1 fully saturated rings. The van der Waals surface area contributed by atoms with Crippen molar-refractivity contribution < 1.29 is 23.8 Å². The van der Waals surface area contributed by atoms with E-state index in [9.17, 15) is 9.59 Å². The number of imidazole rings is 2. The fourth-order valence-corrected chi connectivity index (χ4v) is 6.35. The third-order valence-corrected chi connectivity index (χ3v) is 9.67. The minimum absolute atomic E-state index is 0.235. The number of nitrogens with zero attached hydrogens (tertiary/aromatic N) is 6. The number of ether oxygens (including phenoxy) is 3. The van der Waals surface area contributed by atoms with E-state index in [1.807, 2.05) is 89.4 Å². The molecule has 0 saturated carbocycles. The normalized spacial score (nSPS) is 16.1. The SMILES string of the molecule is C[C@H](NC(=O)OC(C)(C)C)c1ncc(-c2ccc(-c3ccc(-c4cnc([C@@H]5CCCN5C(=O)OC(C)(C)C)n4COCCS(C)(C)C)nn3)cc2)[nH]1. The lowest BCUT2D eigenvalue weighted by Gasteiger charge is -2.29. The van der Waals surface area contributed by atoms with Crippen LogP contribution in [0.1, 0.15) is 85.0 Å². The van der Waals surface area contributed by atoms with Crippen molar-refractivity contribution in [3.05, 3.63) is 60.4 Å². The maximum Gasteiger partial charge on any atom is 0.410 e. The van der Waals surface area contributed by atoms with Gasteiger partial charge in [-0.2, -0.15) is 0 Å². The van der Waals surface area contributed by atoms with Crippen LogP contribution >= 0.6 is 10.0 Å². The number of hydrogen-bond donors (Lipinski definition) is 2. The Morgan fingerprint density at radius 1 is 0.923 bits per heavy atom. The van der Waals surface area contributed by atoms with E-state index in [0.717, 1.165) is 52.6 Å². The second-order valence-corrected chi connectivity index (χ2v) is 20.6. The van der Waals surface area contributed by atoms with Crippen molar-refractivity contribution in [2.75, 3.05) is 37.7 Å². The highest BCUT2D eigenvalue weighted by molar-refractivity contribution is 8.32. The Labute approximate surface area is 308 Å². The Morgan fingerprint density at radius 3 is 2.21 bits per heavy atom. The predicted molar refractivity (Wildman–Crippen MR) is 205 cm³/mol. The Bertz CT molecular complexity index is 1820. The van der Waals surface area contributed by atoms with Gasteiger partial charge in [-0.15, -0.1) is 10.2 Å². The summed E-state index contributed by atoms with van der Waals surface area (Å²) in [6.45, 7) is 14.5. The van der Waals surface area contributed by atoms with Crippen LogP contribution in [0, 0.1) is 0 Å². The number of alkyl carbamates (subject to hydrolysis) is 1. The van der Waals surface area contributed by atoms with E-state index in [1.54, 1.807) is 17.3 Å². The molecule has 0 bridgehead atoms. The van der Waals surface area contributed by atoms with Gasteiger partial charge in [0.1, 0.15) is 35.3 Å². The van der Waals surface area contributed by atoms with E-state index in [-0.39, 0.29) is 24.9 Å². The molecule has 0 unspecified atom stereocenters. The lowest BCUT2D eigenvalue weighted by Crippen LogP contribution is -2.37. The van der Waals surface area contributed by atoms with Crippen molar-refractivity contribution in [1.82, 2.24) is 39.9 Å². The first-order valence-electron chi connectivity index (χ1n) is 17.6. The van der Waals surface area contributed by atoms with Crippen LogP contribution in [0.4, 0.5) is 9.59 Å². The summed E-state index contributed by atoms with van der Waals surface area (Å²) in [5.41, 5.74) is 3.64. The third kappa shape index (κ3) is 10.3. The molecular weight excluding hydrogens is 681 g/mol. The van der Waals surface area contributed by atoms with Crippen molar-refractivity contribution in [2.45, 2.75) is 91.3 Å². The molecule has 3 aromatic heterocycles. The van der Waals surface area contributed by atoms with Gasteiger partial charge in [0.05, 0.1) is 48.2 Å². The Balaban J connectivity index is 1.32. The van der Waals surface area contributed by atoms with Gasteiger partial charge >= 0.3 is 12.2 Å². The molecule has 0 aliphatic carbocycles. The number of carbonyl (C=O) groups excluding carboxylic acids is 2. The van der Waals surface area contributed by atoms with E-state index < -0.39 is 27.3 Å². The number of nitrogens with one attached hydrogen (secondary N) is 2. The number of benzene rings is 1. The van der Waals surface area contributed by atoms with Gasteiger partial charge in [-0.25, -0.2) is 29.6 Å². The highest BCUT2D eigenvalue weighted by atomic mass is 32.3. The number of rotatable bonds is 11. The van der Waals surface area contributed by atoms with Crippen LogP contribution in [0.5, 0.6) is 0 Å². The zero-order valence-corrected chi connectivity index (χ0v) is 33.0. The monoisotopic (exact) mass is 734 g/mol. The molecule has 4 heterocycles. The lowest BCUT2D eigenvalue weighted by atomic mass is 10.1. The third-order valence-electron chi connectivity index (χ3n) is 8.28. The van der Waals surface area contributed by atoms with Gasteiger partial charge in [0, 0.05) is 17.9 Å². The van der Waals surface area contributed by atoms with Crippen LogP contribution in [0.2, 0.25) is 0 Å². The van der Waals surface area contributed by atoms with Crippen molar-refractivity contribution >= 4 is 22.2 Å². The Hall–Kier alpha value is -4.43. The van der Waals surface area contributed by atoms with Crippen LogP contribution in [-0.2, 0) is 20.9 Å². The Kier molecular flexibility index (Phi) is 11.7. The maximum absolute atomic E-state index is 13.2. The summed E-state index contributed by atoms with van der Waals surface area (Å²) in [6.07, 6.45) is 11.2. The second-order valence-electron chi connectivity index (χ2n) is 16.0. The molecule has 1 saturated heterocycles. The molecule has 2 atom stereocenters. The molecule has 2 N–H and O–H groups in total. The van der Waals surface area contributed by atoms with Gasteiger partial charge < -0.3 is 29.1 Å². The number of likely N-dealkylation sites (tertiary alicyclic amines) is 1. The number of hydrogen-bond acceptors (Lipinski definition) is 9. The summed E-state index contributed by atoms with van der Waals surface area (Å²) < 4.78 is 19.3. The number of aromatic amines is 1. The zero-order chi connectivity index (χ0) is 37.8. The van der Waals surface area contributed by atoms with Gasteiger partial charge in [0.25, 0.3) is 0 Å². The molecule has 282 valence electrons. The van der Waals surface area contributed by atoms with Crippen LogP contribution in [-0.4, -0.2) is 95.7 Å². The molecule has 5 rings (SSSR count). The standard InChI is InChI=1S/C38H54N8O5S/c1-25(41-35(47)50-37(2,3)4)33-39-22-30(42-33)27-15-13-26(14-16-27)28-17-18-29(44-43-28)32-23-40-34(46(32)24-49-20-21-52(8,9)10)31-12-11-19-45(31)36(48)51-38(5,6)7/h13-18,22-23,25,31H,11-12,19-21,24H2,1-10H3,(H,39,42)(H,41,47)/t25-,31-/m0/s1. The summed E-state index contributed by atoms with van der Waals surface area (Å²) in [4.78, 5) is 39.7. The van der Waals surface area contributed by atoms with Gasteiger partial charge in [-0.1, -0.05) is 24.3 Å². The maximum atomic E-state index is 13.2. The van der Waals surface area contributed by atoms with Crippen LogP contribution in [0.25, 0.3) is 33.9 Å². The van der Waals surface area contributed by atoms with Gasteiger partial charge in [0.2, 0.25) is 0 Å². The smallest absolute Gasteiger partial charge is 0.410 e. The first-order valence-corrected chi connectivity index (χ1v) is 20.7. The van der Waals surface area contributed by atoms with E-state index in [4.69, 9.17) is 19.2 Å². The molecular formula is C38H54N8O5S. The minimum atomic E-state index is -0.717. The van der Waals surface area contributed by atoms with Crippen LogP contribution in [0.3, 0.4) is 0 Å². The van der Waals surface area contributed by atoms with E-state index in [1.165, 1.54) is 0 Å². The van der Waals surface area contributed by atoms with Crippen molar-refractivity contribution in [3.63, 3.8) is 0 Å². The molecule has 13 nitrogen and oxygen atoms in total. The van der Waals surface area contributed by atoms with Gasteiger partial charge in [-0.3, -0.25) is 4.90 Å². The summed E-state index contributed by atoms with van der Waals surface area (Å²) in [6, 6.07) is 11.2. The summed E-state index contributed by atoms with van der Waals surface area (Å²) in [7, 11) is -0.717. The molecule has 0 spiro atoms. The van der Waals surface area contributed by atoms with Gasteiger partial charge in [0.15, 0.2) is 0 Å². The van der Waals surface area contributed by atoms with E-state index >= 15 is 0 Å². The highest BCUT2D eigenvalue weighted by Gasteiger charge is 2.36. The molecule has 1 aromatic carbocycles. The molecule has 2 amide bonds. The van der Waals surface area contributed by atoms with Crippen molar-refractivity contribution in [1.29, 1.82) is 0 Å². The Morgan fingerprint density at radius 2 is 1.58 bits per heavy atom. The minimum Gasteiger partial charge on any atom is -0.444 e. The summed E-state index contributed by atoms with van der Waals surface area (Å²) in [5, 5.41) is 12.0. The molecule has 14 heteroatoms.